The van der Waals surface area contributed by atoms with Crippen molar-refractivity contribution in [3.63, 3.8) is 0 Å². The second-order valence-corrected chi connectivity index (χ2v) is 4.59. The summed E-state index contributed by atoms with van der Waals surface area (Å²) in [7, 11) is 1.77. The summed E-state index contributed by atoms with van der Waals surface area (Å²) in [6.45, 7) is 0.930. The number of ether oxygens (including phenoxy) is 1. The lowest BCUT2D eigenvalue weighted by Crippen LogP contribution is -2.49. The lowest BCUT2D eigenvalue weighted by molar-refractivity contribution is -0.0135. The summed E-state index contributed by atoms with van der Waals surface area (Å²) in [4.78, 5) is 0. The lowest BCUT2D eigenvalue weighted by Gasteiger charge is -2.39. The van der Waals surface area contributed by atoms with Gasteiger partial charge in [0.1, 0.15) is 0 Å². The molecule has 0 aliphatic carbocycles. The van der Waals surface area contributed by atoms with Crippen molar-refractivity contribution in [2.24, 2.45) is 0 Å². The molecule has 2 nitrogen and oxygen atoms in total. The van der Waals surface area contributed by atoms with Crippen LogP contribution in [-0.2, 0) is 16.9 Å². The highest BCUT2D eigenvalue weighted by molar-refractivity contribution is 5.42. The molecule has 2 aromatic carbocycles. The van der Waals surface area contributed by atoms with E-state index >= 15 is 0 Å². The maximum absolute atomic E-state index is 5.88. The zero-order chi connectivity index (χ0) is 12.4. The van der Waals surface area contributed by atoms with Gasteiger partial charge in [-0.15, -0.1) is 0 Å². The summed E-state index contributed by atoms with van der Waals surface area (Å²) in [6.07, 6.45) is 1.05. The topological polar surface area (TPSA) is 21.3 Å². The summed E-state index contributed by atoms with van der Waals surface area (Å²) in [5.74, 6) is 0. The molecule has 2 heteroatoms. The quantitative estimate of drug-likeness (QED) is 0.870. The van der Waals surface area contributed by atoms with Gasteiger partial charge in [-0.05, 0) is 12.0 Å². The molecule has 1 atom stereocenters. The molecule has 18 heavy (non-hydrogen) atoms. The van der Waals surface area contributed by atoms with Crippen LogP contribution < -0.4 is 5.32 Å². The standard InChI is InChI=1S/C16H17NO/c1-18-16(14-8-3-2-4-9-14)15-10-6-5-7-13(15)11-12-17-16/h2-10,17H,11-12H2,1H3. The van der Waals surface area contributed by atoms with E-state index in [1.807, 2.05) is 6.07 Å². The molecule has 0 amide bonds. The third-order valence-corrected chi connectivity index (χ3v) is 3.65. The van der Waals surface area contributed by atoms with Crippen LogP contribution in [0.3, 0.4) is 0 Å². The Morgan fingerprint density at radius 2 is 1.72 bits per heavy atom. The molecule has 92 valence electrons. The first kappa shape index (κ1) is 11.5. The van der Waals surface area contributed by atoms with Crippen LogP contribution in [0.5, 0.6) is 0 Å². The van der Waals surface area contributed by atoms with Crippen molar-refractivity contribution in [3.05, 3.63) is 71.3 Å². The van der Waals surface area contributed by atoms with E-state index in [0.717, 1.165) is 18.5 Å². The van der Waals surface area contributed by atoms with Gasteiger partial charge in [0.05, 0.1) is 0 Å². The molecule has 1 aliphatic heterocycles. The summed E-state index contributed by atoms with van der Waals surface area (Å²) >= 11 is 0. The normalized spacial score (nSPS) is 22.5. The van der Waals surface area contributed by atoms with Gasteiger partial charge in [-0.25, -0.2) is 0 Å². The number of hydrogen-bond acceptors (Lipinski definition) is 2. The van der Waals surface area contributed by atoms with Crippen molar-refractivity contribution in [1.29, 1.82) is 0 Å². The fraction of sp³-hybridized carbons (Fsp3) is 0.250. The first-order valence-corrected chi connectivity index (χ1v) is 6.31. The van der Waals surface area contributed by atoms with E-state index in [1.54, 1.807) is 7.11 Å². The lowest BCUT2D eigenvalue weighted by atomic mass is 9.86. The van der Waals surface area contributed by atoms with Crippen LogP contribution in [0.25, 0.3) is 0 Å². The predicted molar refractivity (Wildman–Crippen MR) is 72.4 cm³/mol. The SMILES string of the molecule is COC1(c2ccccc2)NCCc2ccccc21. The van der Waals surface area contributed by atoms with Crippen molar-refractivity contribution < 1.29 is 4.74 Å². The van der Waals surface area contributed by atoms with Crippen LogP contribution in [-0.4, -0.2) is 13.7 Å². The van der Waals surface area contributed by atoms with E-state index in [9.17, 15) is 0 Å². The Morgan fingerprint density at radius 1 is 1.00 bits per heavy atom. The van der Waals surface area contributed by atoms with Gasteiger partial charge < -0.3 is 4.74 Å². The first-order valence-electron chi connectivity index (χ1n) is 6.31. The van der Waals surface area contributed by atoms with Crippen LogP contribution in [0.15, 0.2) is 54.6 Å². The van der Waals surface area contributed by atoms with Crippen LogP contribution in [0.1, 0.15) is 16.7 Å². The highest BCUT2D eigenvalue weighted by Gasteiger charge is 2.37. The molecule has 0 fully saturated rings. The summed E-state index contributed by atoms with van der Waals surface area (Å²) in [5.41, 5.74) is 3.24. The predicted octanol–water partition coefficient (Wildman–Crippen LogP) is 2.68. The highest BCUT2D eigenvalue weighted by atomic mass is 16.5. The van der Waals surface area contributed by atoms with E-state index in [4.69, 9.17) is 4.74 Å². The molecule has 0 radical (unpaired) electrons. The van der Waals surface area contributed by atoms with E-state index in [1.165, 1.54) is 11.1 Å². The van der Waals surface area contributed by atoms with Crippen molar-refractivity contribution >= 4 is 0 Å². The van der Waals surface area contributed by atoms with Gasteiger partial charge in [0.2, 0.25) is 0 Å². The van der Waals surface area contributed by atoms with Crippen LogP contribution in [0.4, 0.5) is 0 Å². The average molecular weight is 239 g/mol. The molecular formula is C16H17NO. The van der Waals surface area contributed by atoms with Gasteiger partial charge in [-0.2, -0.15) is 0 Å². The van der Waals surface area contributed by atoms with Crippen molar-refractivity contribution in [3.8, 4) is 0 Å². The van der Waals surface area contributed by atoms with Gasteiger partial charge in [0.25, 0.3) is 0 Å². The number of benzene rings is 2. The fourth-order valence-corrected chi connectivity index (χ4v) is 2.78. The van der Waals surface area contributed by atoms with Gasteiger partial charge in [-0.1, -0.05) is 54.6 Å². The zero-order valence-corrected chi connectivity index (χ0v) is 10.5. The van der Waals surface area contributed by atoms with Crippen LogP contribution in [0.2, 0.25) is 0 Å². The number of rotatable bonds is 2. The maximum Gasteiger partial charge on any atom is 0.171 e. The molecule has 2 aromatic rings. The van der Waals surface area contributed by atoms with Gasteiger partial charge in [-0.3, -0.25) is 5.32 Å². The van der Waals surface area contributed by atoms with Gasteiger partial charge in [0.15, 0.2) is 5.72 Å². The highest BCUT2D eigenvalue weighted by Crippen LogP contribution is 2.35. The zero-order valence-electron chi connectivity index (χ0n) is 10.5. The molecule has 1 heterocycles. The Hall–Kier alpha value is -1.64. The minimum absolute atomic E-state index is 0.504. The monoisotopic (exact) mass is 239 g/mol. The Kier molecular flexibility index (Phi) is 2.90. The third kappa shape index (κ3) is 1.65. The Balaban J connectivity index is 2.19. The minimum atomic E-state index is -0.504. The average Bonchev–Trinajstić information content (AvgIpc) is 2.47. The molecule has 1 unspecified atom stereocenters. The molecule has 0 saturated heterocycles. The summed E-state index contributed by atoms with van der Waals surface area (Å²) in [6, 6.07) is 18.9. The van der Waals surface area contributed by atoms with Crippen LogP contribution in [0, 0.1) is 0 Å². The van der Waals surface area contributed by atoms with E-state index in [-0.39, 0.29) is 0 Å². The van der Waals surface area contributed by atoms with Crippen molar-refractivity contribution in [2.75, 3.05) is 13.7 Å². The van der Waals surface area contributed by atoms with E-state index < -0.39 is 5.72 Å². The minimum Gasteiger partial charge on any atom is -0.355 e. The molecule has 0 bridgehead atoms. The van der Waals surface area contributed by atoms with Gasteiger partial charge >= 0.3 is 0 Å². The Morgan fingerprint density at radius 3 is 2.50 bits per heavy atom. The van der Waals surface area contributed by atoms with Crippen LogP contribution >= 0.6 is 0 Å². The largest absolute Gasteiger partial charge is 0.355 e. The molecule has 1 N–H and O–H groups in total. The number of fused-ring (bicyclic) bond motifs is 1. The molecule has 1 aliphatic rings. The maximum atomic E-state index is 5.88. The molecular weight excluding hydrogens is 222 g/mol. The second kappa shape index (κ2) is 4.56. The molecule has 0 aromatic heterocycles. The molecule has 0 spiro atoms. The number of hydrogen-bond donors (Lipinski definition) is 1. The first-order chi connectivity index (χ1) is 8.87. The second-order valence-electron chi connectivity index (χ2n) is 4.59. The van der Waals surface area contributed by atoms with Crippen molar-refractivity contribution in [1.82, 2.24) is 5.32 Å². The van der Waals surface area contributed by atoms with Gasteiger partial charge in [0, 0.05) is 24.8 Å². The Bertz CT molecular complexity index is 538. The number of methoxy groups -OCH3 is 1. The summed E-state index contributed by atoms with van der Waals surface area (Å²) < 4.78 is 5.88. The Labute approximate surface area is 108 Å². The van der Waals surface area contributed by atoms with E-state index in [2.05, 4.69) is 53.8 Å². The smallest absolute Gasteiger partial charge is 0.171 e. The number of nitrogens with one attached hydrogen (secondary N) is 1. The fourth-order valence-electron chi connectivity index (χ4n) is 2.78. The van der Waals surface area contributed by atoms with E-state index in [0.29, 0.717) is 0 Å². The van der Waals surface area contributed by atoms with Crippen molar-refractivity contribution in [2.45, 2.75) is 12.1 Å². The molecule has 0 saturated carbocycles. The third-order valence-electron chi connectivity index (χ3n) is 3.65. The summed E-state index contributed by atoms with van der Waals surface area (Å²) in [5, 5.41) is 3.53. The molecule has 3 rings (SSSR count).